The molecule has 2 spiro atoms. The van der Waals surface area contributed by atoms with Gasteiger partial charge in [-0.3, -0.25) is 0 Å². The first-order chi connectivity index (χ1) is 60.5. The summed E-state index contributed by atoms with van der Waals surface area (Å²) < 4.78 is 5.26. The molecule has 0 radical (unpaired) electrons. The van der Waals surface area contributed by atoms with Crippen molar-refractivity contribution in [2.75, 3.05) is 9.80 Å². The van der Waals surface area contributed by atoms with Gasteiger partial charge in [-0.1, -0.05) is 338 Å². The van der Waals surface area contributed by atoms with Crippen LogP contribution in [0.5, 0.6) is 0 Å². The number of aromatic nitrogens is 2. The Morgan fingerprint density at radius 3 is 0.936 bits per heavy atom. The molecule has 598 valence electrons. The molecule has 17 aromatic carbocycles. The van der Waals surface area contributed by atoms with E-state index < -0.39 is 10.8 Å². The van der Waals surface area contributed by atoms with Crippen molar-refractivity contribution in [2.45, 2.75) is 116 Å². The molecule has 0 unspecified atom stereocenters. The van der Waals surface area contributed by atoms with E-state index in [1.165, 1.54) is 205 Å². The first-order valence-corrected chi connectivity index (χ1v) is 44.8. The third kappa shape index (κ3) is 10.1. The molecule has 19 aromatic rings. The number of hydrogen-bond donors (Lipinski definition) is 0. The van der Waals surface area contributed by atoms with Crippen LogP contribution in [-0.2, 0) is 32.5 Å². The zero-order valence-corrected chi connectivity index (χ0v) is 72.9. The third-order valence-corrected chi connectivity index (χ3v) is 29.3. The van der Waals surface area contributed by atoms with E-state index in [1.54, 1.807) is 0 Å². The number of para-hydroxylation sites is 1. The number of fused-ring (bicyclic) bond motifs is 30. The lowest BCUT2D eigenvalue weighted by Crippen LogP contribution is -2.61. The van der Waals surface area contributed by atoms with Crippen LogP contribution in [0.15, 0.2) is 358 Å². The van der Waals surface area contributed by atoms with Crippen molar-refractivity contribution in [1.82, 2.24) is 9.13 Å². The quantitative estimate of drug-likeness (QED) is 0.154. The van der Waals surface area contributed by atoms with Crippen LogP contribution >= 0.6 is 0 Å². The van der Waals surface area contributed by atoms with Gasteiger partial charge in [0.05, 0.1) is 44.3 Å². The van der Waals surface area contributed by atoms with Crippen LogP contribution in [0, 0.1) is 0 Å². The van der Waals surface area contributed by atoms with Crippen LogP contribution in [0.25, 0.3) is 122 Å². The summed E-state index contributed by atoms with van der Waals surface area (Å²) in [4.78, 5) is 5.44. The van der Waals surface area contributed by atoms with Crippen molar-refractivity contribution in [3.63, 3.8) is 0 Å². The normalized spacial score (nSPS) is 14.5. The van der Waals surface area contributed by atoms with Crippen molar-refractivity contribution in [3.8, 4) is 78.1 Å². The Labute approximate surface area is 733 Å². The molecule has 0 saturated heterocycles. The fourth-order valence-corrected chi connectivity index (χ4v) is 23.5. The summed E-state index contributed by atoms with van der Waals surface area (Å²) in [6.45, 7) is 28.2. The molecule has 4 nitrogen and oxygen atoms in total. The summed E-state index contributed by atoms with van der Waals surface area (Å²) in [6, 6.07) is 140. The zero-order valence-electron chi connectivity index (χ0n) is 72.9. The predicted molar refractivity (Wildman–Crippen MR) is 527 cm³/mol. The lowest BCUT2D eigenvalue weighted by atomic mass is 9.33. The van der Waals surface area contributed by atoms with Crippen LogP contribution in [0.2, 0.25) is 0 Å². The molecule has 0 amide bonds. The third-order valence-electron chi connectivity index (χ3n) is 29.3. The average molecular weight is 1600 g/mol. The second-order valence-electron chi connectivity index (χ2n) is 40.2. The smallest absolute Gasteiger partial charge is 0.252 e. The average Bonchev–Trinajstić information content (AvgIpc) is 1.64. The second-order valence-corrected chi connectivity index (χ2v) is 40.2. The summed E-state index contributed by atoms with van der Waals surface area (Å²) in [6.07, 6.45) is 0. The van der Waals surface area contributed by atoms with Crippen molar-refractivity contribution in [1.29, 1.82) is 0 Å². The van der Waals surface area contributed by atoms with Crippen LogP contribution in [0.4, 0.5) is 34.1 Å². The van der Waals surface area contributed by atoms with E-state index in [4.69, 9.17) is 0 Å². The molecule has 25 rings (SSSR count). The highest BCUT2D eigenvalue weighted by atomic mass is 15.2. The van der Waals surface area contributed by atoms with Gasteiger partial charge in [-0.2, -0.15) is 0 Å². The van der Waals surface area contributed by atoms with Crippen LogP contribution in [0.1, 0.15) is 150 Å². The number of hydrogen-bond acceptors (Lipinski definition) is 2. The number of nitrogens with zero attached hydrogens (tertiary/aromatic N) is 4. The highest BCUT2D eigenvalue weighted by Gasteiger charge is 2.55. The SMILES string of the molecule is CC(C)(C)c1ccc(N2c3cc(-n4c5ccccc5c5cc6c(cc54)C4(c5ccccc5-c5ccccc54)c4ccccc4-6)ccc3B3c4ccc(-n5c6ccc(C(C)(C)C)cc6c6cc7c(cc65)C5(c6ccccc6-c6ccccc65)c5ccccc5-7)cc4N(c4ccc(C(C)(C)C)cc4-c4ccccc4)c4cc(C(C)(C)C)cc2c43)c(-c2ccccc2)c1. The summed E-state index contributed by atoms with van der Waals surface area (Å²) in [5, 5.41) is 4.95. The number of anilines is 6. The van der Waals surface area contributed by atoms with E-state index in [9.17, 15) is 0 Å². The Bertz CT molecular complexity index is 7820. The van der Waals surface area contributed by atoms with Gasteiger partial charge in [-0.15, -0.1) is 0 Å². The van der Waals surface area contributed by atoms with Gasteiger partial charge in [0.1, 0.15) is 0 Å². The minimum absolute atomic E-state index is 0.113. The molecule has 125 heavy (non-hydrogen) atoms. The number of benzene rings is 17. The molecule has 4 aliphatic carbocycles. The standard InChI is InChI=1S/C120H95BN4/c1-115(2,3)74-51-58-105(87(61-74)72-33-15-13-16-34-72)124-110-66-78(122-104-50-32-25-43-86(104)92-68-89-84-41-23-30-48-98(84)119(100(89)70-108(92)122)94-44-26-19-37-80(94)81-38-20-27-45-95(81)119)54-56-102(110)121-103-57-55-79(67-111(103)125(113-65-77(118(10,11)12)64-112(124)114(113)121)106-59-52-75(116(4,5)6)62-88(106)73-35-17-14-18-36-73)123-107-60-53-76(117(7,8)9)63-91(107)93-69-90-85-42-24-31-49-99(85)120(101(90)71-109(93)123)96-46-28-21-39-82(96)83-40-22-29-47-97(83)120/h13-71H,1-12H3. The highest BCUT2D eigenvalue weighted by Crippen LogP contribution is 2.66. The van der Waals surface area contributed by atoms with Gasteiger partial charge in [-0.25, -0.2) is 0 Å². The van der Waals surface area contributed by atoms with E-state index in [1.807, 2.05) is 0 Å². The van der Waals surface area contributed by atoms with E-state index >= 15 is 0 Å². The van der Waals surface area contributed by atoms with Crippen LogP contribution < -0.4 is 26.2 Å². The van der Waals surface area contributed by atoms with Gasteiger partial charge in [-0.05, 0) is 264 Å². The molecule has 4 heterocycles. The Morgan fingerprint density at radius 2 is 0.536 bits per heavy atom. The van der Waals surface area contributed by atoms with E-state index in [-0.39, 0.29) is 28.4 Å². The maximum Gasteiger partial charge on any atom is 0.252 e. The van der Waals surface area contributed by atoms with Gasteiger partial charge < -0.3 is 18.9 Å². The first kappa shape index (κ1) is 73.7. The molecule has 2 aromatic heterocycles. The maximum atomic E-state index is 2.72. The van der Waals surface area contributed by atoms with E-state index in [0.717, 1.165) is 34.1 Å². The van der Waals surface area contributed by atoms with Crippen LogP contribution in [0.3, 0.4) is 0 Å². The minimum atomic E-state index is -0.554. The van der Waals surface area contributed by atoms with Gasteiger partial charge in [0.25, 0.3) is 6.71 Å². The predicted octanol–water partition coefficient (Wildman–Crippen LogP) is 29.2. The Hall–Kier alpha value is -14.0. The van der Waals surface area contributed by atoms with Gasteiger partial charge in [0, 0.05) is 66.8 Å². The van der Waals surface area contributed by atoms with Crippen molar-refractivity contribution < 1.29 is 0 Å². The molecule has 6 aliphatic rings. The summed E-state index contributed by atoms with van der Waals surface area (Å²) in [7, 11) is 0. The highest BCUT2D eigenvalue weighted by molar-refractivity contribution is 7.00. The van der Waals surface area contributed by atoms with Gasteiger partial charge >= 0.3 is 0 Å². The number of rotatable bonds is 6. The molecule has 5 heteroatoms. The molecule has 0 saturated carbocycles. The lowest BCUT2D eigenvalue weighted by molar-refractivity contribution is 0.590. The van der Waals surface area contributed by atoms with Gasteiger partial charge in [0.2, 0.25) is 0 Å². The molecular weight excluding hydrogens is 1510 g/mol. The second kappa shape index (κ2) is 25.8. The summed E-state index contributed by atoms with van der Waals surface area (Å²) in [5.41, 5.74) is 46.6. The minimum Gasteiger partial charge on any atom is -0.311 e. The molecule has 0 bridgehead atoms. The Kier molecular flexibility index (Phi) is 15.2. The summed E-state index contributed by atoms with van der Waals surface area (Å²) >= 11 is 0. The Balaban J connectivity index is 0.796. The zero-order chi connectivity index (χ0) is 84.4. The molecular formula is C120H95BN4. The molecule has 2 aliphatic heterocycles. The lowest BCUT2D eigenvalue weighted by Gasteiger charge is -2.46. The van der Waals surface area contributed by atoms with Crippen molar-refractivity contribution in [3.05, 3.63) is 425 Å². The van der Waals surface area contributed by atoms with E-state index in [2.05, 4.69) is 460 Å². The van der Waals surface area contributed by atoms with E-state index in [0.29, 0.717) is 0 Å². The molecule has 0 atom stereocenters. The topological polar surface area (TPSA) is 16.3 Å². The van der Waals surface area contributed by atoms with Crippen molar-refractivity contribution in [2.24, 2.45) is 0 Å². The maximum absolute atomic E-state index is 2.72. The first-order valence-electron chi connectivity index (χ1n) is 44.8. The fourth-order valence-electron chi connectivity index (χ4n) is 23.5. The van der Waals surface area contributed by atoms with Gasteiger partial charge in [0.15, 0.2) is 0 Å². The molecule has 0 fully saturated rings. The molecule has 0 N–H and O–H groups in total. The van der Waals surface area contributed by atoms with Crippen LogP contribution in [-0.4, -0.2) is 15.8 Å². The van der Waals surface area contributed by atoms with Crippen molar-refractivity contribution >= 4 is 101 Å². The monoisotopic (exact) mass is 1600 g/mol. The fraction of sp³-hybridized carbons (Fsp3) is 0.150. The Morgan fingerprint density at radius 1 is 0.208 bits per heavy atom. The largest absolute Gasteiger partial charge is 0.311 e. The summed E-state index contributed by atoms with van der Waals surface area (Å²) in [5.74, 6) is 0.